The number of fused-ring (bicyclic) bond motifs is 1. The molecule has 174 valence electrons. The Kier molecular flexibility index (Phi) is 6.11. The van der Waals surface area contributed by atoms with E-state index in [1.54, 1.807) is 10.4 Å². The lowest BCUT2D eigenvalue weighted by Crippen LogP contribution is -2.22. The third-order valence-corrected chi connectivity index (χ3v) is 7.95. The van der Waals surface area contributed by atoms with Crippen molar-refractivity contribution in [2.75, 3.05) is 20.4 Å². The molecule has 0 spiro atoms. The second-order valence-electron chi connectivity index (χ2n) is 8.82. The van der Waals surface area contributed by atoms with Gasteiger partial charge in [-0.1, -0.05) is 48.5 Å². The topological polar surface area (TPSA) is 55.8 Å². The van der Waals surface area contributed by atoms with Crippen molar-refractivity contribution >= 4 is 16.8 Å². The van der Waals surface area contributed by atoms with E-state index in [0.717, 1.165) is 51.5 Å². The first-order valence-electron chi connectivity index (χ1n) is 11.4. The largest absolute Gasteiger partial charge is 0.454 e. The number of benzene rings is 3. The molecule has 1 aliphatic carbocycles. The number of hydrogen-bond donors (Lipinski definition) is 0. The summed E-state index contributed by atoms with van der Waals surface area (Å²) in [6, 6.07) is 21.7. The first-order valence-corrected chi connectivity index (χ1v) is 12.5. The molecular weight excluding hydrogens is 446 g/mol. The van der Waals surface area contributed by atoms with Crippen LogP contribution in [0, 0.1) is 0 Å². The van der Waals surface area contributed by atoms with Gasteiger partial charge in [0.1, 0.15) is 16.8 Å². The van der Waals surface area contributed by atoms with Crippen LogP contribution in [-0.4, -0.2) is 34.7 Å². The van der Waals surface area contributed by atoms with Crippen LogP contribution < -0.4 is 9.47 Å². The summed E-state index contributed by atoms with van der Waals surface area (Å²) in [4.78, 5) is 14.1. The van der Waals surface area contributed by atoms with Crippen molar-refractivity contribution in [1.82, 2.24) is 4.31 Å². The minimum Gasteiger partial charge on any atom is -0.454 e. The quantitative estimate of drug-likeness (QED) is 0.408. The fraction of sp³-hybridized carbons (Fsp3) is 0.250. The zero-order valence-electron chi connectivity index (χ0n) is 19.2. The summed E-state index contributed by atoms with van der Waals surface area (Å²) in [5.41, 5.74) is 3.66. The molecular formula is C28H27NO4S. The van der Waals surface area contributed by atoms with Gasteiger partial charge in [0.25, 0.3) is 0 Å². The SMILES string of the molecule is C=CCN(C)S(=O)c1ccc(-c2cccc(CC(=O)C3(c4ccc5c(c4)OCO5)CC3)c2)cc1. The van der Waals surface area contributed by atoms with Gasteiger partial charge in [-0.05, 0) is 59.4 Å². The highest BCUT2D eigenvalue weighted by molar-refractivity contribution is 7.82. The van der Waals surface area contributed by atoms with Gasteiger partial charge in [-0.15, -0.1) is 6.58 Å². The van der Waals surface area contributed by atoms with Gasteiger partial charge in [-0.3, -0.25) is 4.79 Å². The minimum atomic E-state index is -1.23. The molecule has 1 heterocycles. The number of rotatable bonds is 9. The van der Waals surface area contributed by atoms with Crippen LogP contribution in [0.15, 0.2) is 84.3 Å². The van der Waals surface area contributed by atoms with Crippen LogP contribution in [0.5, 0.6) is 11.5 Å². The van der Waals surface area contributed by atoms with Crippen molar-refractivity contribution in [3.05, 3.63) is 90.5 Å². The number of ether oxygens (including phenoxy) is 2. The summed E-state index contributed by atoms with van der Waals surface area (Å²) in [5, 5.41) is 0. The summed E-state index contributed by atoms with van der Waals surface area (Å²) >= 11 is 0. The van der Waals surface area contributed by atoms with E-state index in [1.807, 2.05) is 67.7 Å². The summed E-state index contributed by atoms with van der Waals surface area (Å²) in [6.45, 7) is 4.48. The molecule has 5 nitrogen and oxygen atoms in total. The maximum atomic E-state index is 13.4. The van der Waals surface area contributed by atoms with Crippen molar-refractivity contribution in [2.24, 2.45) is 0 Å². The van der Waals surface area contributed by atoms with Gasteiger partial charge in [-0.25, -0.2) is 8.51 Å². The van der Waals surface area contributed by atoms with Gasteiger partial charge in [0, 0.05) is 20.0 Å². The van der Waals surface area contributed by atoms with Crippen molar-refractivity contribution in [1.29, 1.82) is 0 Å². The first-order chi connectivity index (χ1) is 16.5. The average molecular weight is 474 g/mol. The molecule has 5 rings (SSSR count). The Balaban J connectivity index is 1.31. The molecule has 0 aromatic heterocycles. The van der Waals surface area contributed by atoms with Crippen molar-refractivity contribution in [2.45, 2.75) is 29.6 Å². The van der Waals surface area contributed by atoms with E-state index in [-0.39, 0.29) is 12.6 Å². The lowest BCUT2D eigenvalue weighted by Gasteiger charge is -2.16. The molecule has 2 aliphatic rings. The Morgan fingerprint density at radius 1 is 1.03 bits per heavy atom. The zero-order valence-corrected chi connectivity index (χ0v) is 20.0. The summed E-state index contributed by atoms with van der Waals surface area (Å²) in [5.74, 6) is 1.69. The number of hydrogen-bond acceptors (Lipinski definition) is 4. The summed E-state index contributed by atoms with van der Waals surface area (Å²) < 4.78 is 25.2. The lowest BCUT2D eigenvalue weighted by atomic mass is 9.87. The second-order valence-corrected chi connectivity index (χ2v) is 10.4. The molecule has 0 saturated heterocycles. The van der Waals surface area contributed by atoms with Crippen LogP contribution in [0.1, 0.15) is 24.0 Å². The fourth-order valence-corrected chi connectivity index (χ4v) is 5.43. The molecule has 0 amide bonds. The number of ketones is 1. The molecule has 0 bridgehead atoms. The molecule has 1 unspecified atom stereocenters. The third kappa shape index (κ3) is 4.31. The van der Waals surface area contributed by atoms with Gasteiger partial charge in [0.2, 0.25) is 6.79 Å². The Labute approximate surface area is 202 Å². The van der Waals surface area contributed by atoms with E-state index < -0.39 is 16.4 Å². The Morgan fingerprint density at radius 2 is 1.79 bits per heavy atom. The highest BCUT2D eigenvalue weighted by Crippen LogP contribution is 2.51. The minimum absolute atomic E-state index is 0.231. The van der Waals surface area contributed by atoms with Gasteiger partial charge >= 0.3 is 0 Å². The predicted octanol–water partition coefficient (Wildman–Crippen LogP) is 5.07. The number of likely N-dealkylation sites (N-methyl/N-ethyl adjacent to an activating group) is 1. The van der Waals surface area contributed by atoms with Gasteiger partial charge < -0.3 is 9.47 Å². The van der Waals surface area contributed by atoms with Crippen LogP contribution in [0.3, 0.4) is 0 Å². The van der Waals surface area contributed by atoms with E-state index in [1.165, 1.54) is 0 Å². The molecule has 1 saturated carbocycles. The van der Waals surface area contributed by atoms with Crippen LogP contribution in [-0.2, 0) is 27.6 Å². The number of carbonyl (C=O) groups is 1. The Morgan fingerprint density at radius 3 is 2.53 bits per heavy atom. The third-order valence-electron chi connectivity index (χ3n) is 6.56. The molecule has 1 atom stereocenters. The smallest absolute Gasteiger partial charge is 0.231 e. The molecule has 1 fully saturated rings. The van der Waals surface area contributed by atoms with Crippen LogP contribution in [0.25, 0.3) is 11.1 Å². The van der Waals surface area contributed by atoms with Crippen molar-refractivity contribution < 1.29 is 18.5 Å². The first kappa shape index (κ1) is 22.6. The fourth-order valence-electron chi connectivity index (χ4n) is 4.46. The predicted molar refractivity (Wildman–Crippen MR) is 133 cm³/mol. The van der Waals surface area contributed by atoms with Crippen LogP contribution >= 0.6 is 0 Å². The van der Waals surface area contributed by atoms with Crippen molar-refractivity contribution in [3.63, 3.8) is 0 Å². The number of Topliss-reactive ketones (excluding diaryl/α,β-unsaturated/α-hetero) is 1. The second kappa shape index (κ2) is 9.20. The van der Waals surface area contributed by atoms with Gasteiger partial charge in [0.05, 0.1) is 10.3 Å². The highest BCUT2D eigenvalue weighted by Gasteiger charge is 2.50. The summed E-state index contributed by atoms with van der Waals surface area (Å²) in [7, 11) is 0.582. The normalized spacial score (nSPS) is 16.3. The molecule has 0 radical (unpaired) electrons. The Hall–Kier alpha value is -3.22. The van der Waals surface area contributed by atoms with Crippen LogP contribution in [0.2, 0.25) is 0 Å². The molecule has 0 N–H and O–H groups in total. The molecule has 1 aliphatic heterocycles. The number of carbonyl (C=O) groups excluding carboxylic acids is 1. The number of nitrogens with zero attached hydrogens (tertiary/aromatic N) is 1. The van der Waals surface area contributed by atoms with Crippen LogP contribution in [0.4, 0.5) is 0 Å². The van der Waals surface area contributed by atoms with E-state index >= 15 is 0 Å². The van der Waals surface area contributed by atoms with Gasteiger partial charge in [-0.2, -0.15) is 0 Å². The molecule has 6 heteroatoms. The highest BCUT2D eigenvalue weighted by atomic mass is 32.2. The molecule has 3 aromatic rings. The lowest BCUT2D eigenvalue weighted by molar-refractivity contribution is -0.120. The van der Waals surface area contributed by atoms with Crippen molar-refractivity contribution in [3.8, 4) is 22.6 Å². The van der Waals surface area contributed by atoms with E-state index in [2.05, 4.69) is 12.6 Å². The van der Waals surface area contributed by atoms with E-state index in [9.17, 15) is 9.00 Å². The van der Waals surface area contributed by atoms with E-state index in [0.29, 0.717) is 13.0 Å². The standard InChI is InChI=1S/C28H27NO4S/c1-3-15-29(2)34(31)24-10-7-21(8-11-24)22-6-4-5-20(16-22)17-27(30)28(13-14-28)23-9-12-25-26(18-23)33-19-32-25/h3-12,16,18H,1,13-15,17,19H2,2H3. The Bertz CT molecular complexity index is 1260. The maximum Gasteiger partial charge on any atom is 0.231 e. The molecule has 34 heavy (non-hydrogen) atoms. The van der Waals surface area contributed by atoms with Gasteiger partial charge in [0.15, 0.2) is 11.5 Å². The summed E-state index contributed by atoms with van der Waals surface area (Å²) in [6.07, 6.45) is 3.85. The monoisotopic (exact) mass is 473 g/mol. The molecule has 3 aromatic carbocycles. The van der Waals surface area contributed by atoms with E-state index in [4.69, 9.17) is 9.47 Å². The zero-order chi connectivity index (χ0) is 23.7. The average Bonchev–Trinajstić information content (AvgIpc) is 3.55. The maximum absolute atomic E-state index is 13.4.